The first-order valence-electron chi connectivity index (χ1n) is 12.2. The minimum atomic E-state index is -1.95. The minimum absolute atomic E-state index is 0.120. The molecule has 0 aromatic heterocycles. The molecule has 0 radical (unpaired) electrons. The maximum atomic E-state index is 11.2. The van der Waals surface area contributed by atoms with Crippen molar-refractivity contribution in [2.75, 3.05) is 6.61 Å². The molecule has 0 amide bonds. The van der Waals surface area contributed by atoms with Gasteiger partial charge in [-0.2, -0.15) is 0 Å². The fourth-order valence-corrected chi connectivity index (χ4v) is 4.41. The molecule has 0 spiro atoms. The summed E-state index contributed by atoms with van der Waals surface area (Å²) in [6.45, 7) is 13.9. The van der Waals surface area contributed by atoms with Crippen LogP contribution in [0.15, 0.2) is 65.7 Å². The van der Waals surface area contributed by atoms with Gasteiger partial charge in [-0.3, -0.25) is 4.99 Å². The zero-order chi connectivity index (χ0) is 23.6. The van der Waals surface area contributed by atoms with E-state index in [-0.39, 0.29) is 11.1 Å². The van der Waals surface area contributed by atoms with Crippen molar-refractivity contribution in [3.8, 4) is 0 Å². The third kappa shape index (κ3) is 7.98. The van der Waals surface area contributed by atoms with Gasteiger partial charge in [-0.15, -0.1) is 0 Å². The zero-order valence-corrected chi connectivity index (χ0v) is 22.0. The molecule has 1 N–H and O–H groups in total. The molecule has 0 saturated carbocycles. The summed E-state index contributed by atoms with van der Waals surface area (Å²) in [5, 5.41) is 11.3. The average Bonchev–Trinajstić information content (AvgIpc) is 2.77. The van der Waals surface area contributed by atoms with Gasteiger partial charge in [0.05, 0.1) is 24.5 Å². The molecule has 2 atom stereocenters. The monoisotopic (exact) mass is 453 g/mol. The van der Waals surface area contributed by atoms with E-state index in [2.05, 4.69) is 65.1 Å². The Hall–Kier alpha value is -1.75. The predicted molar refractivity (Wildman–Crippen MR) is 140 cm³/mol. The molecule has 0 heterocycles. The Labute approximate surface area is 197 Å². The van der Waals surface area contributed by atoms with Crippen molar-refractivity contribution >= 4 is 14.0 Å². The second-order valence-electron chi connectivity index (χ2n) is 10.3. The third-order valence-electron chi connectivity index (χ3n) is 6.61. The van der Waals surface area contributed by atoms with E-state index in [9.17, 15) is 5.11 Å². The lowest BCUT2D eigenvalue weighted by molar-refractivity contribution is 0.102. The summed E-state index contributed by atoms with van der Waals surface area (Å²) < 4.78 is 6.55. The second-order valence-corrected chi connectivity index (χ2v) is 15.1. The molecule has 0 saturated heterocycles. The van der Waals surface area contributed by atoms with Gasteiger partial charge >= 0.3 is 0 Å². The van der Waals surface area contributed by atoms with E-state index in [1.54, 1.807) is 0 Å². The maximum Gasteiger partial charge on any atom is 0.192 e. The summed E-state index contributed by atoms with van der Waals surface area (Å²) in [6, 6.07) is 20.3. The van der Waals surface area contributed by atoms with Crippen molar-refractivity contribution in [3.63, 3.8) is 0 Å². The Morgan fingerprint density at radius 1 is 0.906 bits per heavy atom. The number of unbranched alkanes of at least 4 members (excludes halogenated alkanes) is 3. The van der Waals surface area contributed by atoms with Crippen LogP contribution in [0.4, 0.5) is 0 Å². The average molecular weight is 454 g/mol. The van der Waals surface area contributed by atoms with Gasteiger partial charge in [-0.1, -0.05) is 114 Å². The standard InChI is InChI=1S/C28H43NO2Si/c1-7-8-9-16-21-26(30)25(22-31-32(5,6)28(2,3)4)29-27(23-17-12-10-13-18-23)24-19-14-11-15-20-24/h10-15,17-20,25-26,30H,7-9,16,21-22H2,1-6H3/t25-,26-/m1/s1. The maximum absolute atomic E-state index is 11.2. The van der Waals surface area contributed by atoms with Crippen molar-refractivity contribution in [1.82, 2.24) is 0 Å². The van der Waals surface area contributed by atoms with Crippen LogP contribution in [-0.4, -0.2) is 37.9 Å². The molecule has 0 aliphatic heterocycles. The van der Waals surface area contributed by atoms with Crippen LogP contribution in [0.25, 0.3) is 0 Å². The van der Waals surface area contributed by atoms with E-state index < -0.39 is 14.4 Å². The smallest absolute Gasteiger partial charge is 0.192 e. The fraction of sp³-hybridized carbons (Fsp3) is 0.536. The lowest BCUT2D eigenvalue weighted by Crippen LogP contribution is -2.44. The Morgan fingerprint density at radius 2 is 1.44 bits per heavy atom. The van der Waals surface area contributed by atoms with E-state index in [0.717, 1.165) is 36.1 Å². The second kappa shape index (κ2) is 12.5. The molecule has 32 heavy (non-hydrogen) atoms. The summed E-state index contributed by atoms with van der Waals surface area (Å²) in [4.78, 5) is 5.16. The van der Waals surface area contributed by atoms with Crippen molar-refractivity contribution in [2.45, 2.75) is 90.1 Å². The predicted octanol–water partition coefficient (Wildman–Crippen LogP) is 7.25. The van der Waals surface area contributed by atoms with Crippen LogP contribution in [0, 0.1) is 0 Å². The highest BCUT2D eigenvalue weighted by atomic mass is 28.4. The Bertz CT molecular complexity index is 771. The number of aliphatic imine (C=N–C) groups is 1. The van der Waals surface area contributed by atoms with Crippen molar-refractivity contribution in [3.05, 3.63) is 71.8 Å². The minimum Gasteiger partial charge on any atom is -0.415 e. The molecule has 0 aliphatic rings. The topological polar surface area (TPSA) is 41.8 Å². The summed E-state index contributed by atoms with van der Waals surface area (Å²) in [5.41, 5.74) is 3.05. The van der Waals surface area contributed by atoms with Crippen LogP contribution < -0.4 is 0 Å². The number of hydrogen-bond donors (Lipinski definition) is 1. The molecule has 0 unspecified atom stereocenters. The first kappa shape index (κ1) is 26.5. The van der Waals surface area contributed by atoms with E-state index in [4.69, 9.17) is 9.42 Å². The largest absolute Gasteiger partial charge is 0.415 e. The third-order valence-corrected chi connectivity index (χ3v) is 11.1. The number of benzene rings is 2. The Kier molecular flexibility index (Phi) is 10.3. The van der Waals surface area contributed by atoms with Gasteiger partial charge in [0.25, 0.3) is 0 Å². The van der Waals surface area contributed by atoms with Gasteiger partial charge in [0, 0.05) is 11.1 Å². The summed E-state index contributed by atoms with van der Waals surface area (Å²) in [7, 11) is -1.95. The van der Waals surface area contributed by atoms with Crippen molar-refractivity contribution in [1.29, 1.82) is 0 Å². The first-order chi connectivity index (χ1) is 15.2. The van der Waals surface area contributed by atoms with Crippen LogP contribution in [-0.2, 0) is 4.43 Å². The number of aliphatic hydroxyl groups excluding tert-OH is 1. The molecule has 2 aromatic rings. The molecule has 2 rings (SSSR count). The Morgan fingerprint density at radius 3 is 1.91 bits per heavy atom. The van der Waals surface area contributed by atoms with Gasteiger partial charge in [0.2, 0.25) is 0 Å². The highest BCUT2D eigenvalue weighted by molar-refractivity contribution is 6.74. The summed E-state index contributed by atoms with van der Waals surface area (Å²) in [5.74, 6) is 0. The van der Waals surface area contributed by atoms with Gasteiger partial charge < -0.3 is 9.53 Å². The SMILES string of the molecule is CCCCCC[C@@H](O)[C@@H](CO[Si](C)(C)C(C)(C)C)N=C(c1ccccc1)c1ccccc1. The molecular formula is C28H43NO2Si. The van der Waals surface area contributed by atoms with Gasteiger partial charge in [-0.25, -0.2) is 0 Å². The van der Waals surface area contributed by atoms with Crippen LogP contribution in [0.1, 0.15) is 70.9 Å². The highest BCUT2D eigenvalue weighted by Crippen LogP contribution is 2.36. The molecule has 2 aromatic carbocycles. The van der Waals surface area contributed by atoms with E-state index >= 15 is 0 Å². The van der Waals surface area contributed by atoms with Gasteiger partial charge in [0.1, 0.15) is 0 Å². The van der Waals surface area contributed by atoms with Crippen molar-refractivity contribution < 1.29 is 9.53 Å². The van der Waals surface area contributed by atoms with Crippen LogP contribution >= 0.6 is 0 Å². The summed E-state index contributed by atoms with van der Waals surface area (Å²) in [6.07, 6.45) is 4.81. The number of hydrogen-bond acceptors (Lipinski definition) is 3. The van der Waals surface area contributed by atoms with Gasteiger partial charge in [-0.05, 0) is 24.6 Å². The van der Waals surface area contributed by atoms with Crippen LogP contribution in [0.2, 0.25) is 18.1 Å². The molecular weight excluding hydrogens is 410 g/mol. The first-order valence-corrected chi connectivity index (χ1v) is 15.1. The Balaban J connectivity index is 2.36. The van der Waals surface area contributed by atoms with Crippen LogP contribution in [0.3, 0.4) is 0 Å². The van der Waals surface area contributed by atoms with E-state index in [1.807, 2.05) is 36.4 Å². The zero-order valence-electron chi connectivity index (χ0n) is 21.0. The van der Waals surface area contributed by atoms with Gasteiger partial charge in [0.15, 0.2) is 8.32 Å². The summed E-state index contributed by atoms with van der Waals surface area (Å²) >= 11 is 0. The quantitative estimate of drug-likeness (QED) is 0.209. The number of rotatable bonds is 12. The normalized spacial score (nSPS) is 14.1. The molecule has 3 nitrogen and oxygen atoms in total. The molecule has 0 bridgehead atoms. The molecule has 4 heteroatoms. The molecule has 176 valence electrons. The van der Waals surface area contributed by atoms with E-state index in [1.165, 1.54) is 12.8 Å². The van der Waals surface area contributed by atoms with Crippen molar-refractivity contribution in [2.24, 2.45) is 4.99 Å². The molecule has 0 fully saturated rings. The van der Waals surface area contributed by atoms with E-state index in [0.29, 0.717) is 6.61 Å². The fourth-order valence-electron chi connectivity index (χ4n) is 3.39. The number of nitrogens with zero attached hydrogens (tertiary/aromatic N) is 1. The lowest BCUT2D eigenvalue weighted by atomic mass is 10.00. The number of aliphatic hydroxyl groups is 1. The highest BCUT2D eigenvalue weighted by Gasteiger charge is 2.38. The van der Waals surface area contributed by atoms with Crippen LogP contribution in [0.5, 0.6) is 0 Å². The molecule has 0 aliphatic carbocycles. The lowest BCUT2D eigenvalue weighted by Gasteiger charge is -2.37.